The van der Waals surface area contributed by atoms with Crippen LogP contribution in [0, 0.1) is 0 Å². The predicted octanol–water partition coefficient (Wildman–Crippen LogP) is 4.97. The van der Waals surface area contributed by atoms with Crippen molar-refractivity contribution in [3.8, 4) is 17.1 Å². The molecule has 1 unspecified atom stereocenters. The molecule has 2 atom stereocenters. The van der Waals surface area contributed by atoms with Gasteiger partial charge in [-0.15, -0.1) is 10.2 Å². The van der Waals surface area contributed by atoms with Gasteiger partial charge < -0.3 is 5.11 Å². The highest BCUT2D eigenvalue weighted by molar-refractivity contribution is 6.30. The number of nitrogens with zero attached hydrogens (tertiary/aromatic N) is 6. The highest BCUT2D eigenvalue weighted by Gasteiger charge is 2.39. The Morgan fingerprint density at radius 1 is 1.00 bits per heavy atom. The summed E-state index contributed by atoms with van der Waals surface area (Å²) < 4.78 is 96.2. The molecule has 8 nitrogen and oxygen atoms in total. The third kappa shape index (κ3) is 5.98. The fourth-order valence-electron chi connectivity index (χ4n) is 3.70. The maximum atomic E-state index is 14.4. The summed E-state index contributed by atoms with van der Waals surface area (Å²) in [5, 5.41) is 17.9. The number of benzene rings is 2. The first-order valence-corrected chi connectivity index (χ1v) is 11.5. The molecule has 4 aromatic rings. The van der Waals surface area contributed by atoms with Gasteiger partial charge in [-0.2, -0.15) is 26.3 Å². The molecular weight excluding hydrogens is 561 g/mol. The fourth-order valence-corrected chi connectivity index (χ4v) is 3.83. The van der Waals surface area contributed by atoms with Crippen molar-refractivity contribution >= 4 is 11.6 Å². The minimum absolute atomic E-state index is 0.181. The van der Waals surface area contributed by atoms with Crippen LogP contribution in [0.25, 0.3) is 17.1 Å². The Bertz CT molecular complexity index is 1520. The number of para-hydroxylation sites is 1. The van der Waals surface area contributed by atoms with Crippen LogP contribution in [0.5, 0.6) is 0 Å². The Kier molecular flexibility index (Phi) is 7.58. The molecule has 2 heterocycles. The number of hydrogen-bond donors (Lipinski definition) is 1. The van der Waals surface area contributed by atoms with Crippen LogP contribution in [0.1, 0.15) is 30.3 Å². The first kappa shape index (κ1) is 28.3. The van der Waals surface area contributed by atoms with Gasteiger partial charge in [-0.1, -0.05) is 23.7 Å². The minimum atomic E-state index is -5.04. The lowest BCUT2D eigenvalue weighted by Gasteiger charge is -2.15. The van der Waals surface area contributed by atoms with Gasteiger partial charge in [0, 0.05) is 10.6 Å². The zero-order valence-electron chi connectivity index (χ0n) is 19.8. The van der Waals surface area contributed by atoms with Gasteiger partial charge in [0.15, 0.2) is 29.7 Å². The molecule has 2 aromatic carbocycles. The molecule has 0 saturated carbocycles. The lowest BCUT2D eigenvalue weighted by molar-refractivity contribution is -0.207. The van der Waals surface area contributed by atoms with E-state index in [1.165, 1.54) is 30.3 Å². The zero-order valence-corrected chi connectivity index (χ0v) is 20.5. The molecule has 0 fully saturated rings. The van der Waals surface area contributed by atoms with Gasteiger partial charge in [0.1, 0.15) is 6.54 Å². The van der Waals surface area contributed by atoms with E-state index in [4.69, 9.17) is 11.6 Å². The average Bonchev–Trinajstić information content (AvgIpc) is 3.41. The Labute approximate surface area is 219 Å². The molecule has 208 valence electrons. The van der Waals surface area contributed by atoms with E-state index in [0.29, 0.717) is 19.0 Å². The van der Waals surface area contributed by atoms with E-state index in [1.807, 2.05) is 0 Å². The summed E-state index contributed by atoms with van der Waals surface area (Å²) in [5.41, 5.74) is -2.56. The second kappa shape index (κ2) is 10.4. The fraction of sp³-hybridized carbons (Fsp3) is 0.304. The third-order valence-corrected chi connectivity index (χ3v) is 5.77. The first-order chi connectivity index (χ1) is 18.2. The molecular formula is C23H18ClF7N6O2. The number of aromatic nitrogens is 6. The second-order valence-electron chi connectivity index (χ2n) is 8.37. The van der Waals surface area contributed by atoms with Gasteiger partial charge in [0.05, 0.1) is 17.8 Å². The molecule has 0 aliphatic rings. The normalized spacial score (nSPS) is 14.0. The molecule has 39 heavy (non-hydrogen) atoms. The highest BCUT2D eigenvalue weighted by atomic mass is 35.5. The smallest absolute Gasteiger partial charge is 0.382 e. The van der Waals surface area contributed by atoms with Crippen molar-refractivity contribution in [3.05, 3.63) is 81.3 Å². The zero-order chi connectivity index (χ0) is 28.7. The van der Waals surface area contributed by atoms with Crippen molar-refractivity contribution in [1.82, 2.24) is 29.1 Å². The third-order valence-electron chi connectivity index (χ3n) is 5.52. The van der Waals surface area contributed by atoms with Gasteiger partial charge in [0.25, 0.3) is 0 Å². The van der Waals surface area contributed by atoms with Crippen LogP contribution in [0.15, 0.2) is 53.3 Å². The first-order valence-electron chi connectivity index (χ1n) is 11.1. The lowest BCUT2D eigenvalue weighted by atomic mass is 10.1. The van der Waals surface area contributed by atoms with Crippen LogP contribution in [-0.2, 0) is 19.3 Å². The molecule has 2 aromatic heterocycles. The van der Waals surface area contributed by atoms with Gasteiger partial charge >= 0.3 is 18.0 Å². The van der Waals surface area contributed by atoms with Crippen LogP contribution in [-0.4, -0.2) is 46.5 Å². The maximum Gasteiger partial charge on any atom is 0.418 e. The molecule has 0 aliphatic heterocycles. The summed E-state index contributed by atoms with van der Waals surface area (Å²) in [6, 6.07) is 9.84. The largest absolute Gasteiger partial charge is 0.418 e. The number of aliphatic hydroxyl groups is 1. The van der Waals surface area contributed by atoms with Crippen LogP contribution in [0.3, 0.4) is 0 Å². The summed E-state index contributed by atoms with van der Waals surface area (Å²) in [5.74, 6) is -1.10. The van der Waals surface area contributed by atoms with E-state index in [9.17, 15) is 40.6 Å². The number of hydrogen-bond acceptors (Lipinski definition) is 5. The van der Waals surface area contributed by atoms with Crippen molar-refractivity contribution in [2.24, 2.45) is 0 Å². The number of halogens is 8. The Morgan fingerprint density at radius 2 is 1.64 bits per heavy atom. The van der Waals surface area contributed by atoms with Gasteiger partial charge in [-0.05, 0) is 43.3 Å². The van der Waals surface area contributed by atoms with Crippen LogP contribution < -0.4 is 5.69 Å². The van der Waals surface area contributed by atoms with E-state index >= 15 is 0 Å². The van der Waals surface area contributed by atoms with Crippen LogP contribution in [0.4, 0.5) is 30.7 Å². The van der Waals surface area contributed by atoms with E-state index in [0.717, 1.165) is 25.1 Å². The topological polar surface area (TPSA) is 90.8 Å². The van der Waals surface area contributed by atoms with Crippen molar-refractivity contribution in [1.29, 1.82) is 0 Å². The summed E-state index contributed by atoms with van der Waals surface area (Å²) in [6.45, 7) is -0.804. The second-order valence-corrected chi connectivity index (χ2v) is 8.80. The molecule has 0 spiro atoms. The number of aliphatic hydroxyl groups excluding tert-OH is 1. The minimum Gasteiger partial charge on any atom is -0.382 e. The van der Waals surface area contributed by atoms with Gasteiger partial charge in [-0.25, -0.2) is 23.5 Å². The molecule has 0 saturated heterocycles. The average molecular weight is 579 g/mol. The Hall–Kier alpha value is -3.72. The van der Waals surface area contributed by atoms with E-state index in [1.54, 1.807) is 0 Å². The summed E-state index contributed by atoms with van der Waals surface area (Å²) in [6.07, 6.45) is -14.6. The van der Waals surface area contributed by atoms with Gasteiger partial charge in [-0.3, -0.25) is 4.57 Å². The Balaban J connectivity index is 1.80. The highest BCUT2D eigenvalue weighted by Crippen LogP contribution is 2.34. The van der Waals surface area contributed by atoms with Crippen molar-refractivity contribution in [3.63, 3.8) is 0 Å². The van der Waals surface area contributed by atoms with E-state index in [2.05, 4.69) is 15.2 Å². The van der Waals surface area contributed by atoms with Crippen molar-refractivity contribution in [2.45, 2.75) is 44.6 Å². The predicted molar refractivity (Wildman–Crippen MR) is 124 cm³/mol. The van der Waals surface area contributed by atoms with E-state index < -0.39 is 60.5 Å². The standard InChI is InChI=1S/C23H18ClF7N6O2/c1-12(25)19-32-18(33-37(19)16-5-3-2-4-15(16)22(26,27)28)11-36-21(39)35(10-17(38)23(29,30)31)20(34-36)13-6-8-14(24)9-7-13/h2-9,12,17,38H,10-11H2,1H3/t12?,17-/m0/s1. The summed E-state index contributed by atoms with van der Waals surface area (Å²) in [7, 11) is 0. The molecule has 0 amide bonds. The quantitative estimate of drug-likeness (QED) is 0.313. The monoisotopic (exact) mass is 578 g/mol. The van der Waals surface area contributed by atoms with Crippen LogP contribution in [0.2, 0.25) is 5.02 Å². The number of alkyl halides is 7. The van der Waals surface area contributed by atoms with Crippen LogP contribution >= 0.6 is 11.6 Å². The molecule has 1 N–H and O–H groups in total. The SMILES string of the molecule is CC(F)c1nc(Cn2nc(-c3ccc(Cl)cc3)n(C[C@H](O)C(F)(F)F)c2=O)nn1-c1ccccc1C(F)(F)F. The summed E-state index contributed by atoms with van der Waals surface area (Å²) >= 11 is 5.86. The Morgan fingerprint density at radius 3 is 2.23 bits per heavy atom. The molecule has 16 heteroatoms. The maximum absolute atomic E-state index is 14.4. The van der Waals surface area contributed by atoms with Crippen molar-refractivity contribution in [2.75, 3.05) is 0 Å². The summed E-state index contributed by atoms with van der Waals surface area (Å²) in [4.78, 5) is 17.0. The van der Waals surface area contributed by atoms with Gasteiger partial charge in [0.2, 0.25) is 0 Å². The lowest BCUT2D eigenvalue weighted by Crippen LogP contribution is -2.37. The van der Waals surface area contributed by atoms with Crippen molar-refractivity contribution < 1.29 is 35.8 Å². The molecule has 0 aliphatic carbocycles. The molecule has 0 radical (unpaired) electrons. The molecule has 0 bridgehead atoms. The van der Waals surface area contributed by atoms with E-state index in [-0.39, 0.29) is 17.2 Å². The molecule has 4 rings (SSSR count). The number of rotatable bonds is 7.